The topological polar surface area (TPSA) is 68.0 Å². The molecule has 0 saturated heterocycles. The number of aromatic nitrogens is 1. The Hall–Kier alpha value is -1.42. The van der Waals surface area contributed by atoms with Crippen molar-refractivity contribution in [3.05, 3.63) is 29.1 Å². The zero-order valence-corrected chi connectivity index (χ0v) is 12.3. The van der Waals surface area contributed by atoms with Crippen molar-refractivity contribution in [2.75, 3.05) is 0 Å². The van der Waals surface area contributed by atoms with E-state index >= 15 is 0 Å². The van der Waals surface area contributed by atoms with E-state index in [2.05, 4.69) is 10.3 Å². The number of rotatable bonds is 2. The van der Waals surface area contributed by atoms with Crippen LogP contribution in [0.2, 0.25) is 0 Å². The molecule has 20 heavy (non-hydrogen) atoms. The fraction of sp³-hybridized carbons (Fsp3) is 0.625. The molecular formula is C16H23N3O. The molecule has 1 amide bonds. The molecule has 1 spiro atoms. The van der Waals surface area contributed by atoms with Gasteiger partial charge in [-0.2, -0.15) is 0 Å². The van der Waals surface area contributed by atoms with Crippen LogP contribution in [-0.4, -0.2) is 23.0 Å². The van der Waals surface area contributed by atoms with Gasteiger partial charge in [0.15, 0.2) is 0 Å². The van der Waals surface area contributed by atoms with Crippen molar-refractivity contribution in [3.8, 4) is 0 Å². The Labute approximate surface area is 120 Å². The van der Waals surface area contributed by atoms with Gasteiger partial charge in [-0.25, -0.2) is 0 Å². The number of hydrogen-bond donors (Lipinski definition) is 2. The van der Waals surface area contributed by atoms with Gasteiger partial charge >= 0.3 is 0 Å². The largest absolute Gasteiger partial charge is 0.348 e. The quantitative estimate of drug-likeness (QED) is 0.867. The first-order valence-corrected chi connectivity index (χ1v) is 7.50. The standard InChI is InChI=1S/C16H23N3O/c1-10-7-13(18-9-11(10)2)15(20)19-12-3-5-16(6-4-12)8-14(16)17/h7,9,12,14H,3-6,8,17H2,1-2H3,(H,19,20). The van der Waals surface area contributed by atoms with Crippen LogP contribution in [0.4, 0.5) is 0 Å². The maximum absolute atomic E-state index is 12.2. The van der Waals surface area contributed by atoms with Gasteiger partial charge < -0.3 is 11.1 Å². The number of amides is 1. The lowest BCUT2D eigenvalue weighted by Crippen LogP contribution is -2.39. The van der Waals surface area contributed by atoms with E-state index in [-0.39, 0.29) is 11.9 Å². The molecule has 1 atom stereocenters. The third-order valence-electron chi connectivity index (χ3n) is 5.17. The third-order valence-corrected chi connectivity index (χ3v) is 5.17. The van der Waals surface area contributed by atoms with Gasteiger partial charge in [0.2, 0.25) is 0 Å². The van der Waals surface area contributed by atoms with Gasteiger partial charge in [-0.1, -0.05) is 0 Å². The monoisotopic (exact) mass is 273 g/mol. The van der Waals surface area contributed by atoms with Crippen molar-refractivity contribution in [2.45, 2.75) is 58.0 Å². The van der Waals surface area contributed by atoms with Crippen LogP contribution >= 0.6 is 0 Å². The van der Waals surface area contributed by atoms with Gasteiger partial charge in [0.25, 0.3) is 5.91 Å². The Bertz CT molecular complexity index is 533. The maximum Gasteiger partial charge on any atom is 0.270 e. The lowest BCUT2D eigenvalue weighted by molar-refractivity contribution is 0.0914. The average Bonchev–Trinajstić information content (AvgIpc) is 3.05. The van der Waals surface area contributed by atoms with E-state index < -0.39 is 0 Å². The van der Waals surface area contributed by atoms with E-state index in [0.29, 0.717) is 17.2 Å². The van der Waals surface area contributed by atoms with E-state index in [1.807, 2.05) is 19.9 Å². The van der Waals surface area contributed by atoms with E-state index in [1.165, 1.54) is 6.42 Å². The molecule has 0 bridgehead atoms. The van der Waals surface area contributed by atoms with Crippen LogP contribution in [0, 0.1) is 19.3 Å². The van der Waals surface area contributed by atoms with Gasteiger partial charge in [-0.05, 0) is 68.6 Å². The number of nitrogens with two attached hydrogens (primary N) is 1. The van der Waals surface area contributed by atoms with Gasteiger partial charge in [0, 0.05) is 18.3 Å². The summed E-state index contributed by atoms with van der Waals surface area (Å²) >= 11 is 0. The second-order valence-electron chi connectivity index (χ2n) is 6.57. The second-order valence-corrected chi connectivity index (χ2v) is 6.57. The Morgan fingerprint density at radius 2 is 2.00 bits per heavy atom. The normalized spacial score (nSPS) is 32.1. The van der Waals surface area contributed by atoms with Crippen LogP contribution in [0.1, 0.15) is 53.7 Å². The summed E-state index contributed by atoms with van der Waals surface area (Å²) in [6, 6.07) is 2.55. The van der Waals surface area contributed by atoms with Gasteiger partial charge in [0.1, 0.15) is 5.69 Å². The lowest BCUT2D eigenvalue weighted by Gasteiger charge is -2.29. The molecule has 2 aliphatic carbocycles. The molecular weight excluding hydrogens is 250 g/mol. The minimum absolute atomic E-state index is 0.0471. The van der Waals surface area contributed by atoms with Gasteiger partial charge in [0.05, 0.1) is 0 Å². The summed E-state index contributed by atoms with van der Waals surface area (Å²) in [4.78, 5) is 16.4. The molecule has 2 aliphatic rings. The van der Waals surface area contributed by atoms with Crippen LogP contribution in [0.25, 0.3) is 0 Å². The molecule has 3 rings (SSSR count). The highest BCUT2D eigenvalue weighted by atomic mass is 16.1. The summed E-state index contributed by atoms with van der Waals surface area (Å²) < 4.78 is 0. The van der Waals surface area contributed by atoms with Gasteiger partial charge in [-0.3, -0.25) is 9.78 Å². The Kier molecular flexibility index (Phi) is 3.28. The molecule has 1 aromatic heterocycles. The summed E-state index contributed by atoms with van der Waals surface area (Å²) in [6.07, 6.45) is 7.34. The first-order valence-electron chi connectivity index (χ1n) is 7.50. The van der Waals surface area contributed by atoms with Crippen LogP contribution < -0.4 is 11.1 Å². The molecule has 0 aromatic carbocycles. The summed E-state index contributed by atoms with van der Waals surface area (Å²) in [7, 11) is 0. The number of nitrogens with zero attached hydrogens (tertiary/aromatic N) is 1. The molecule has 3 N–H and O–H groups in total. The summed E-state index contributed by atoms with van der Waals surface area (Å²) in [5.41, 5.74) is 9.17. The highest BCUT2D eigenvalue weighted by molar-refractivity contribution is 5.92. The molecule has 1 aromatic rings. The van der Waals surface area contributed by atoms with Crippen LogP contribution in [0.5, 0.6) is 0 Å². The second kappa shape index (κ2) is 4.85. The first kappa shape index (κ1) is 13.6. The van der Waals surface area contributed by atoms with E-state index in [4.69, 9.17) is 5.73 Å². The maximum atomic E-state index is 12.2. The number of hydrogen-bond acceptors (Lipinski definition) is 3. The molecule has 0 aliphatic heterocycles. The van der Waals surface area contributed by atoms with E-state index in [0.717, 1.165) is 36.8 Å². The Morgan fingerprint density at radius 3 is 2.55 bits per heavy atom. The number of carbonyl (C=O) groups is 1. The minimum atomic E-state index is -0.0471. The summed E-state index contributed by atoms with van der Waals surface area (Å²) in [5.74, 6) is -0.0471. The zero-order valence-electron chi connectivity index (χ0n) is 12.3. The number of carbonyl (C=O) groups excluding carboxylic acids is 1. The molecule has 2 fully saturated rings. The third kappa shape index (κ3) is 2.44. The fourth-order valence-electron chi connectivity index (χ4n) is 3.30. The first-order chi connectivity index (χ1) is 9.50. The smallest absolute Gasteiger partial charge is 0.270 e. The molecule has 0 radical (unpaired) electrons. The predicted octanol–water partition coefficient (Wildman–Crippen LogP) is 2.09. The Morgan fingerprint density at radius 1 is 1.35 bits per heavy atom. The van der Waals surface area contributed by atoms with Crippen LogP contribution in [-0.2, 0) is 0 Å². The van der Waals surface area contributed by atoms with Crippen LogP contribution in [0.15, 0.2) is 12.3 Å². The van der Waals surface area contributed by atoms with E-state index in [9.17, 15) is 4.79 Å². The van der Waals surface area contributed by atoms with Crippen molar-refractivity contribution in [2.24, 2.45) is 11.1 Å². The van der Waals surface area contributed by atoms with Crippen molar-refractivity contribution in [1.82, 2.24) is 10.3 Å². The highest BCUT2D eigenvalue weighted by Crippen LogP contribution is 2.54. The minimum Gasteiger partial charge on any atom is -0.348 e. The van der Waals surface area contributed by atoms with Crippen molar-refractivity contribution in [3.63, 3.8) is 0 Å². The van der Waals surface area contributed by atoms with E-state index in [1.54, 1.807) is 6.20 Å². The lowest BCUT2D eigenvalue weighted by atomic mass is 9.83. The van der Waals surface area contributed by atoms with Crippen LogP contribution in [0.3, 0.4) is 0 Å². The SMILES string of the molecule is Cc1cnc(C(=O)NC2CCC3(CC2)CC3N)cc1C. The molecule has 2 saturated carbocycles. The molecule has 4 nitrogen and oxygen atoms in total. The molecule has 4 heteroatoms. The summed E-state index contributed by atoms with van der Waals surface area (Å²) in [6.45, 7) is 4.01. The van der Waals surface area contributed by atoms with Gasteiger partial charge in [-0.15, -0.1) is 0 Å². The van der Waals surface area contributed by atoms with Crippen molar-refractivity contribution >= 4 is 5.91 Å². The van der Waals surface area contributed by atoms with Crippen molar-refractivity contribution < 1.29 is 4.79 Å². The summed E-state index contributed by atoms with van der Waals surface area (Å²) in [5, 5.41) is 3.12. The number of nitrogens with one attached hydrogen (secondary N) is 1. The van der Waals surface area contributed by atoms with Crippen molar-refractivity contribution in [1.29, 1.82) is 0 Å². The molecule has 108 valence electrons. The number of aryl methyl sites for hydroxylation is 2. The fourth-order valence-corrected chi connectivity index (χ4v) is 3.30. The molecule has 1 unspecified atom stereocenters. The Balaban J connectivity index is 1.58. The zero-order chi connectivity index (χ0) is 14.3. The average molecular weight is 273 g/mol. The number of pyridine rings is 1. The highest BCUT2D eigenvalue weighted by Gasteiger charge is 2.52. The molecule has 1 heterocycles. The predicted molar refractivity (Wildman–Crippen MR) is 78.5 cm³/mol.